The van der Waals surface area contributed by atoms with Crippen molar-refractivity contribution in [3.8, 4) is 0 Å². The zero-order chi connectivity index (χ0) is 17.5. The van der Waals surface area contributed by atoms with Crippen LogP contribution in [-0.4, -0.2) is 41.5 Å². The van der Waals surface area contributed by atoms with E-state index in [1.807, 2.05) is 57.1 Å². The third kappa shape index (κ3) is 4.22. The minimum Gasteiger partial charge on any atom is -0.362 e. The molecule has 2 aromatic heterocycles. The monoisotopic (exact) mass is 327 g/mol. The molecule has 2 amide bonds. The Morgan fingerprint density at radius 1 is 1.25 bits per heavy atom. The molecule has 0 aliphatic rings. The fourth-order valence-electron chi connectivity index (χ4n) is 2.64. The van der Waals surface area contributed by atoms with Gasteiger partial charge in [0.05, 0.1) is 6.04 Å². The van der Waals surface area contributed by atoms with Crippen molar-refractivity contribution in [3.63, 3.8) is 0 Å². The highest BCUT2D eigenvalue weighted by molar-refractivity contribution is 5.75. The van der Waals surface area contributed by atoms with E-state index in [-0.39, 0.29) is 12.1 Å². The quantitative estimate of drug-likeness (QED) is 0.886. The molecule has 0 radical (unpaired) electrons. The molecule has 0 saturated carbocycles. The maximum Gasteiger partial charge on any atom is 0.318 e. The van der Waals surface area contributed by atoms with Gasteiger partial charge in [-0.3, -0.25) is 4.98 Å². The van der Waals surface area contributed by atoms with Gasteiger partial charge in [-0.05, 0) is 31.5 Å². The molecule has 1 atom stereocenters. The molecular weight excluding hydrogens is 302 g/mol. The number of amides is 2. The number of urea groups is 1. The third-order valence-electron chi connectivity index (χ3n) is 3.96. The number of carbonyl (C=O) groups excluding carboxylic acids is 1. The number of hydrogen-bond donors (Lipinski definition) is 1. The fourth-order valence-corrected chi connectivity index (χ4v) is 2.64. The van der Waals surface area contributed by atoms with E-state index in [4.69, 9.17) is 0 Å². The van der Waals surface area contributed by atoms with E-state index in [1.165, 1.54) is 0 Å². The van der Waals surface area contributed by atoms with Crippen LogP contribution in [0.2, 0.25) is 0 Å². The zero-order valence-electron chi connectivity index (χ0n) is 14.7. The van der Waals surface area contributed by atoms with Gasteiger partial charge in [0.25, 0.3) is 0 Å². The van der Waals surface area contributed by atoms with E-state index >= 15 is 0 Å². The van der Waals surface area contributed by atoms with Gasteiger partial charge >= 0.3 is 6.03 Å². The molecule has 2 rings (SSSR count). The van der Waals surface area contributed by atoms with Gasteiger partial charge in [-0.15, -0.1) is 0 Å². The van der Waals surface area contributed by atoms with Crippen LogP contribution in [-0.2, 0) is 6.54 Å². The number of hydrogen-bond acceptors (Lipinski definition) is 4. The van der Waals surface area contributed by atoms with E-state index in [0.717, 1.165) is 16.9 Å². The molecule has 0 unspecified atom stereocenters. The van der Waals surface area contributed by atoms with Crippen LogP contribution >= 0.6 is 0 Å². The Bertz CT molecular complexity index is 659. The predicted molar refractivity (Wildman–Crippen MR) is 95.8 cm³/mol. The lowest BCUT2D eigenvalue weighted by Gasteiger charge is -2.28. The van der Waals surface area contributed by atoms with Gasteiger partial charge in [-0.1, -0.05) is 12.1 Å². The Morgan fingerprint density at radius 3 is 2.62 bits per heavy atom. The molecule has 0 fully saturated rings. The van der Waals surface area contributed by atoms with Crippen molar-refractivity contribution in [3.05, 3.63) is 54.0 Å². The van der Waals surface area contributed by atoms with Gasteiger partial charge in [0.2, 0.25) is 0 Å². The SMILES string of the molecule is CCN(C(=O)NCc1cccnc1N(C)C)[C@H](C)c1cccnc1. The van der Waals surface area contributed by atoms with Gasteiger partial charge in [0, 0.05) is 51.3 Å². The molecule has 1 N–H and O–H groups in total. The number of carbonyl (C=O) groups is 1. The number of nitrogens with one attached hydrogen (secondary N) is 1. The molecule has 0 spiro atoms. The molecule has 0 aromatic carbocycles. The molecule has 2 aromatic rings. The maximum atomic E-state index is 12.6. The Morgan fingerprint density at radius 2 is 2.00 bits per heavy atom. The number of aromatic nitrogens is 2. The smallest absolute Gasteiger partial charge is 0.318 e. The van der Waals surface area contributed by atoms with Crippen LogP contribution < -0.4 is 10.2 Å². The second-order valence-corrected chi connectivity index (χ2v) is 5.79. The highest BCUT2D eigenvalue weighted by atomic mass is 16.2. The van der Waals surface area contributed by atoms with Gasteiger partial charge in [0.15, 0.2) is 0 Å². The van der Waals surface area contributed by atoms with Crippen molar-refractivity contribution in [2.45, 2.75) is 26.4 Å². The van der Waals surface area contributed by atoms with Crippen molar-refractivity contribution < 1.29 is 4.79 Å². The largest absolute Gasteiger partial charge is 0.362 e. The van der Waals surface area contributed by atoms with Gasteiger partial charge in [0.1, 0.15) is 5.82 Å². The van der Waals surface area contributed by atoms with E-state index in [9.17, 15) is 4.79 Å². The first-order valence-corrected chi connectivity index (χ1v) is 8.10. The third-order valence-corrected chi connectivity index (χ3v) is 3.96. The normalized spacial score (nSPS) is 11.7. The molecule has 0 aliphatic heterocycles. The van der Waals surface area contributed by atoms with Crippen LogP contribution in [0.3, 0.4) is 0 Å². The van der Waals surface area contributed by atoms with Crippen LogP contribution in [0.5, 0.6) is 0 Å². The molecule has 0 aliphatic carbocycles. The van der Waals surface area contributed by atoms with Crippen molar-refractivity contribution >= 4 is 11.8 Å². The second kappa shape index (κ2) is 8.29. The number of nitrogens with zero attached hydrogens (tertiary/aromatic N) is 4. The van der Waals surface area contributed by atoms with Crippen LogP contribution in [0, 0.1) is 0 Å². The minimum absolute atomic E-state index is 0.0362. The topological polar surface area (TPSA) is 61.4 Å². The lowest BCUT2D eigenvalue weighted by molar-refractivity contribution is 0.182. The summed E-state index contributed by atoms with van der Waals surface area (Å²) >= 11 is 0. The molecule has 2 heterocycles. The first kappa shape index (κ1) is 17.7. The van der Waals surface area contributed by atoms with Crippen LogP contribution in [0.4, 0.5) is 10.6 Å². The lowest BCUT2D eigenvalue weighted by Crippen LogP contribution is -2.41. The van der Waals surface area contributed by atoms with E-state index in [0.29, 0.717) is 13.1 Å². The summed E-state index contributed by atoms with van der Waals surface area (Å²) in [4.78, 5) is 24.8. The van der Waals surface area contributed by atoms with Crippen LogP contribution in [0.15, 0.2) is 42.9 Å². The molecule has 6 nitrogen and oxygen atoms in total. The van der Waals surface area contributed by atoms with Gasteiger partial charge < -0.3 is 15.1 Å². The molecular formula is C18H25N5O. The second-order valence-electron chi connectivity index (χ2n) is 5.79. The van der Waals surface area contributed by atoms with Gasteiger partial charge in [-0.2, -0.15) is 0 Å². The van der Waals surface area contributed by atoms with Crippen LogP contribution in [0.25, 0.3) is 0 Å². The number of pyridine rings is 2. The molecule has 0 bridgehead atoms. The number of anilines is 1. The first-order valence-electron chi connectivity index (χ1n) is 8.10. The predicted octanol–water partition coefficient (Wildman–Crippen LogP) is 2.84. The molecule has 24 heavy (non-hydrogen) atoms. The van der Waals surface area contributed by atoms with E-state index in [2.05, 4.69) is 15.3 Å². The molecule has 6 heteroatoms. The highest BCUT2D eigenvalue weighted by Gasteiger charge is 2.20. The lowest BCUT2D eigenvalue weighted by atomic mass is 10.1. The van der Waals surface area contributed by atoms with Gasteiger partial charge in [-0.25, -0.2) is 9.78 Å². The average Bonchev–Trinajstić information content (AvgIpc) is 2.61. The van der Waals surface area contributed by atoms with Crippen molar-refractivity contribution in [2.75, 3.05) is 25.5 Å². The van der Waals surface area contributed by atoms with Crippen molar-refractivity contribution in [2.24, 2.45) is 0 Å². The molecule has 128 valence electrons. The zero-order valence-corrected chi connectivity index (χ0v) is 14.7. The summed E-state index contributed by atoms with van der Waals surface area (Å²) in [5.41, 5.74) is 2.01. The minimum atomic E-state index is -0.0950. The Balaban J connectivity index is 2.05. The highest BCUT2D eigenvalue weighted by Crippen LogP contribution is 2.19. The summed E-state index contributed by atoms with van der Waals surface area (Å²) in [5, 5.41) is 3.00. The Labute approximate surface area is 143 Å². The summed E-state index contributed by atoms with van der Waals surface area (Å²) in [6.45, 7) is 5.04. The van der Waals surface area contributed by atoms with Crippen molar-refractivity contribution in [1.29, 1.82) is 0 Å². The van der Waals surface area contributed by atoms with E-state index in [1.54, 1.807) is 23.5 Å². The summed E-state index contributed by atoms with van der Waals surface area (Å²) in [7, 11) is 3.88. The first-order chi connectivity index (χ1) is 11.5. The van der Waals surface area contributed by atoms with E-state index < -0.39 is 0 Å². The summed E-state index contributed by atoms with van der Waals surface area (Å²) in [6.07, 6.45) is 5.28. The summed E-state index contributed by atoms with van der Waals surface area (Å²) in [5.74, 6) is 0.862. The van der Waals surface area contributed by atoms with Crippen molar-refractivity contribution in [1.82, 2.24) is 20.2 Å². The standard InChI is InChI=1S/C18H25N5O/c1-5-23(14(2)15-8-6-10-19-12-15)18(24)21-13-16-9-7-11-20-17(16)22(3)4/h6-12,14H,5,13H2,1-4H3,(H,21,24)/t14-/m1/s1. The average molecular weight is 327 g/mol. The summed E-state index contributed by atoms with van der Waals surface area (Å²) in [6, 6.07) is 7.59. The maximum absolute atomic E-state index is 12.6. The summed E-state index contributed by atoms with van der Waals surface area (Å²) < 4.78 is 0. The fraction of sp³-hybridized carbons (Fsp3) is 0.389. The van der Waals surface area contributed by atoms with Crippen LogP contribution in [0.1, 0.15) is 31.0 Å². The number of rotatable bonds is 6. The Kier molecular flexibility index (Phi) is 6.12. The molecule has 0 saturated heterocycles. The Hall–Kier alpha value is -2.63.